The number of nitro benzene ring substituents is 1. The fourth-order valence-corrected chi connectivity index (χ4v) is 0.983. The van der Waals surface area contributed by atoms with E-state index in [4.69, 9.17) is 11.1 Å². The third-order valence-electron chi connectivity index (χ3n) is 1.65. The van der Waals surface area contributed by atoms with Gasteiger partial charge in [0.2, 0.25) is 0 Å². The zero-order chi connectivity index (χ0) is 12.0. The lowest BCUT2D eigenvalue weighted by Gasteiger charge is -2.02. The van der Waals surface area contributed by atoms with Gasteiger partial charge in [-0.15, -0.1) is 0 Å². The molecule has 1 aromatic carbocycles. The van der Waals surface area contributed by atoms with Crippen LogP contribution in [0.5, 0.6) is 0 Å². The van der Waals surface area contributed by atoms with Gasteiger partial charge in [0.05, 0.1) is 4.92 Å². The lowest BCUT2D eigenvalue weighted by molar-refractivity contribution is -0.384. The third kappa shape index (κ3) is 3.38. The molecule has 0 saturated carbocycles. The number of benzene rings is 1. The molecular formula is C10H15N3O2. The minimum Gasteiger partial charge on any atom is -0.398 e. The monoisotopic (exact) mass is 209 g/mol. The molecule has 0 radical (unpaired) electrons. The number of nitrogens with one attached hydrogen (secondary N) is 1. The molecular weight excluding hydrogens is 194 g/mol. The molecule has 0 unspecified atom stereocenters. The third-order valence-corrected chi connectivity index (χ3v) is 1.65. The lowest BCUT2D eigenvalue weighted by Crippen LogP contribution is -2.00. The Morgan fingerprint density at radius 2 is 2.00 bits per heavy atom. The topological polar surface area (TPSA) is 93.0 Å². The molecule has 0 spiro atoms. The summed E-state index contributed by atoms with van der Waals surface area (Å²) >= 11 is 0. The van der Waals surface area contributed by atoms with E-state index >= 15 is 0 Å². The molecule has 0 aliphatic heterocycles. The summed E-state index contributed by atoms with van der Waals surface area (Å²) in [6, 6.07) is 4.06. The van der Waals surface area contributed by atoms with Crippen LogP contribution in [-0.4, -0.2) is 10.6 Å². The maximum atomic E-state index is 10.4. The second kappa shape index (κ2) is 5.74. The van der Waals surface area contributed by atoms with Gasteiger partial charge in [-0.3, -0.25) is 10.1 Å². The standard InChI is InChI=1S/C8H9N3O2.C2H6/c1-5(9)7-4-6(11(12)13)2-3-8(7)10;1-2/h2-4,9H,10H2,1H3;1-2H3. The van der Waals surface area contributed by atoms with Crippen molar-refractivity contribution in [2.24, 2.45) is 0 Å². The smallest absolute Gasteiger partial charge is 0.270 e. The minimum atomic E-state index is -0.508. The Morgan fingerprint density at radius 3 is 2.40 bits per heavy atom. The predicted octanol–water partition coefficient (Wildman–Crippen LogP) is 2.59. The number of non-ortho nitro benzene ring substituents is 1. The van der Waals surface area contributed by atoms with Crippen LogP contribution in [0.4, 0.5) is 11.4 Å². The largest absolute Gasteiger partial charge is 0.398 e. The summed E-state index contributed by atoms with van der Waals surface area (Å²) in [5.41, 5.74) is 6.50. The van der Waals surface area contributed by atoms with E-state index in [1.807, 2.05) is 13.8 Å². The van der Waals surface area contributed by atoms with Gasteiger partial charge in [-0.1, -0.05) is 13.8 Å². The second-order valence-corrected chi connectivity index (χ2v) is 2.65. The number of anilines is 1. The van der Waals surface area contributed by atoms with Gasteiger partial charge in [0, 0.05) is 29.1 Å². The maximum Gasteiger partial charge on any atom is 0.270 e. The first kappa shape index (κ1) is 13.1. The molecule has 0 heterocycles. The van der Waals surface area contributed by atoms with Crippen LogP contribution in [0, 0.1) is 15.5 Å². The molecule has 0 aliphatic carbocycles. The van der Waals surface area contributed by atoms with Crippen molar-refractivity contribution in [1.29, 1.82) is 5.41 Å². The number of nitrogen functional groups attached to an aromatic ring is 1. The molecule has 0 aromatic heterocycles. The summed E-state index contributed by atoms with van der Waals surface area (Å²) < 4.78 is 0. The highest BCUT2D eigenvalue weighted by molar-refractivity contribution is 6.01. The first-order valence-corrected chi connectivity index (χ1v) is 4.62. The van der Waals surface area contributed by atoms with E-state index in [1.165, 1.54) is 25.1 Å². The Balaban J connectivity index is 0.000000921. The van der Waals surface area contributed by atoms with Crippen molar-refractivity contribution in [3.63, 3.8) is 0 Å². The highest BCUT2D eigenvalue weighted by Gasteiger charge is 2.09. The molecule has 0 bridgehead atoms. The highest BCUT2D eigenvalue weighted by atomic mass is 16.6. The second-order valence-electron chi connectivity index (χ2n) is 2.65. The predicted molar refractivity (Wildman–Crippen MR) is 61.4 cm³/mol. The zero-order valence-electron chi connectivity index (χ0n) is 9.07. The van der Waals surface area contributed by atoms with E-state index in [-0.39, 0.29) is 11.4 Å². The van der Waals surface area contributed by atoms with E-state index in [9.17, 15) is 10.1 Å². The molecule has 15 heavy (non-hydrogen) atoms. The number of hydrogen-bond donors (Lipinski definition) is 2. The summed E-state index contributed by atoms with van der Waals surface area (Å²) in [6.07, 6.45) is 0. The van der Waals surface area contributed by atoms with Crippen LogP contribution in [0.1, 0.15) is 26.3 Å². The van der Waals surface area contributed by atoms with Crippen LogP contribution in [0.25, 0.3) is 0 Å². The van der Waals surface area contributed by atoms with Crippen LogP contribution in [0.3, 0.4) is 0 Å². The number of nitrogens with two attached hydrogens (primary N) is 1. The average molecular weight is 209 g/mol. The van der Waals surface area contributed by atoms with Gasteiger partial charge in [0.15, 0.2) is 0 Å². The summed E-state index contributed by atoms with van der Waals surface area (Å²) in [4.78, 5) is 9.87. The van der Waals surface area contributed by atoms with E-state index in [0.717, 1.165) is 0 Å². The van der Waals surface area contributed by atoms with Gasteiger partial charge in [0.1, 0.15) is 0 Å². The molecule has 1 rings (SSSR count). The molecule has 0 amide bonds. The van der Waals surface area contributed by atoms with E-state index in [0.29, 0.717) is 11.3 Å². The first-order chi connectivity index (χ1) is 7.02. The van der Waals surface area contributed by atoms with Crippen molar-refractivity contribution in [1.82, 2.24) is 0 Å². The Kier molecular flexibility index (Phi) is 5.01. The summed E-state index contributed by atoms with van der Waals surface area (Å²) in [6.45, 7) is 5.54. The molecule has 0 atom stereocenters. The summed E-state index contributed by atoms with van der Waals surface area (Å²) in [5.74, 6) is 0. The van der Waals surface area contributed by atoms with Gasteiger partial charge in [0.25, 0.3) is 5.69 Å². The molecule has 5 heteroatoms. The highest BCUT2D eigenvalue weighted by Crippen LogP contribution is 2.19. The molecule has 5 nitrogen and oxygen atoms in total. The normalized spacial score (nSPS) is 8.73. The van der Waals surface area contributed by atoms with Crippen LogP contribution in [0.15, 0.2) is 18.2 Å². The molecule has 82 valence electrons. The number of rotatable bonds is 2. The Bertz CT molecular complexity index is 375. The van der Waals surface area contributed by atoms with Crippen LogP contribution in [-0.2, 0) is 0 Å². The van der Waals surface area contributed by atoms with Crippen molar-refractivity contribution in [2.75, 3.05) is 5.73 Å². The first-order valence-electron chi connectivity index (χ1n) is 4.62. The van der Waals surface area contributed by atoms with Crippen molar-refractivity contribution >= 4 is 17.1 Å². The molecule has 1 aromatic rings. The lowest BCUT2D eigenvalue weighted by atomic mass is 10.1. The quantitative estimate of drug-likeness (QED) is 0.339. The van der Waals surface area contributed by atoms with Crippen molar-refractivity contribution in [2.45, 2.75) is 20.8 Å². The molecule has 3 N–H and O–H groups in total. The van der Waals surface area contributed by atoms with Crippen molar-refractivity contribution in [3.05, 3.63) is 33.9 Å². The van der Waals surface area contributed by atoms with Crippen LogP contribution >= 0.6 is 0 Å². The number of hydrogen-bond acceptors (Lipinski definition) is 4. The van der Waals surface area contributed by atoms with Gasteiger partial charge in [-0.2, -0.15) is 0 Å². The zero-order valence-corrected chi connectivity index (χ0v) is 9.07. The van der Waals surface area contributed by atoms with Gasteiger partial charge in [-0.05, 0) is 13.0 Å². The van der Waals surface area contributed by atoms with E-state index in [2.05, 4.69) is 0 Å². The minimum absolute atomic E-state index is 0.0456. The molecule has 0 fully saturated rings. The van der Waals surface area contributed by atoms with Crippen molar-refractivity contribution < 1.29 is 4.92 Å². The van der Waals surface area contributed by atoms with Crippen LogP contribution in [0.2, 0.25) is 0 Å². The SMILES string of the molecule is CC.CC(=N)c1cc([N+](=O)[O-])ccc1N. The molecule has 0 aliphatic rings. The summed E-state index contributed by atoms with van der Waals surface area (Å²) in [7, 11) is 0. The van der Waals surface area contributed by atoms with Gasteiger partial charge < -0.3 is 11.1 Å². The fraction of sp³-hybridized carbons (Fsp3) is 0.300. The van der Waals surface area contributed by atoms with Crippen LogP contribution < -0.4 is 5.73 Å². The van der Waals surface area contributed by atoms with E-state index < -0.39 is 4.92 Å². The van der Waals surface area contributed by atoms with Crippen molar-refractivity contribution in [3.8, 4) is 0 Å². The number of nitrogens with zero attached hydrogens (tertiary/aromatic N) is 1. The number of nitro groups is 1. The Labute approximate surface area is 88.6 Å². The van der Waals surface area contributed by atoms with Gasteiger partial charge >= 0.3 is 0 Å². The molecule has 0 saturated heterocycles. The summed E-state index contributed by atoms with van der Waals surface area (Å²) in [5, 5.41) is 17.7. The van der Waals surface area contributed by atoms with Gasteiger partial charge in [-0.25, -0.2) is 0 Å². The van der Waals surface area contributed by atoms with E-state index in [1.54, 1.807) is 0 Å². The maximum absolute atomic E-state index is 10.4. The Hall–Kier alpha value is -1.91. The Morgan fingerprint density at radius 1 is 1.47 bits per heavy atom. The fourth-order valence-electron chi connectivity index (χ4n) is 0.983. The average Bonchev–Trinajstić information content (AvgIpc) is 2.20.